The van der Waals surface area contributed by atoms with Crippen LogP contribution in [-0.2, 0) is 16.1 Å². The fraction of sp³-hybridized carbons (Fsp3) is 0.533. The van der Waals surface area contributed by atoms with Gasteiger partial charge in [0.25, 0.3) is 5.91 Å². The number of likely N-dealkylation sites (N-methyl/N-ethyl adjacent to an activating group) is 1. The average molecular weight is 280 g/mol. The van der Waals surface area contributed by atoms with E-state index in [2.05, 4.69) is 10.6 Å². The standard InChI is InChI=1S/C15H24N2O3/c1-4-17-15(18)12(2)20-14-8-6-5-7-13(14)11-16-9-10-19-3/h5-8,12,16H,4,9-11H2,1-3H3,(H,17,18). The molecule has 5 heteroatoms. The van der Waals surface area contributed by atoms with Crippen LogP contribution in [0.25, 0.3) is 0 Å². The minimum absolute atomic E-state index is 0.102. The van der Waals surface area contributed by atoms with E-state index in [1.54, 1.807) is 14.0 Å². The van der Waals surface area contributed by atoms with Gasteiger partial charge in [0.15, 0.2) is 6.10 Å². The van der Waals surface area contributed by atoms with Crippen molar-refractivity contribution in [3.8, 4) is 5.75 Å². The maximum Gasteiger partial charge on any atom is 0.260 e. The average Bonchev–Trinajstić information content (AvgIpc) is 2.45. The van der Waals surface area contributed by atoms with E-state index in [1.165, 1.54) is 0 Å². The van der Waals surface area contributed by atoms with Crippen LogP contribution in [0.1, 0.15) is 19.4 Å². The minimum Gasteiger partial charge on any atom is -0.481 e. The lowest BCUT2D eigenvalue weighted by atomic mass is 10.2. The van der Waals surface area contributed by atoms with Crippen molar-refractivity contribution in [1.82, 2.24) is 10.6 Å². The quantitative estimate of drug-likeness (QED) is 0.670. The number of ether oxygens (including phenoxy) is 2. The fourth-order valence-corrected chi connectivity index (χ4v) is 1.72. The van der Waals surface area contributed by atoms with Gasteiger partial charge in [0, 0.05) is 32.3 Å². The molecule has 0 saturated heterocycles. The van der Waals surface area contributed by atoms with Gasteiger partial charge in [-0.2, -0.15) is 0 Å². The molecule has 0 aliphatic heterocycles. The van der Waals surface area contributed by atoms with E-state index in [-0.39, 0.29) is 5.91 Å². The summed E-state index contributed by atoms with van der Waals surface area (Å²) in [4.78, 5) is 11.7. The molecule has 0 heterocycles. The van der Waals surface area contributed by atoms with Crippen LogP contribution in [0.5, 0.6) is 5.75 Å². The molecule has 1 unspecified atom stereocenters. The van der Waals surface area contributed by atoms with Crippen LogP contribution < -0.4 is 15.4 Å². The number of carbonyl (C=O) groups is 1. The Morgan fingerprint density at radius 2 is 2.10 bits per heavy atom. The Hall–Kier alpha value is -1.59. The van der Waals surface area contributed by atoms with Gasteiger partial charge in [-0.25, -0.2) is 0 Å². The number of methoxy groups -OCH3 is 1. The number of nitrogens with one attached hydrogen (secondary N) is 2. The molecule has 112 valence electrons. The zero-order valence-electron chi connectivity index (χ0n) is 12.4. The predicted octanol–water partition coefficient (Wildman–Crippen LogP) is 1.33. The van der Waals surface area contributed by atoms with Crippen molar-refractivity contribution in [2.45, 2.75) is 26.5 Å². The second-order valence-corrected chi connectivity index (χ2v) is 4.43. The molecular formula is C15H24N2O3. The maximum atomic E-state index is 11.7. The van der Waals surface area contributed by atoms with E-state index in [0.717, 1.165) is 17.9 Å². The molecule has 20 heavy (non-hydrogen) atoms. The summed E-state index contributed by atoms with van der Waals surface area (Å²) in [7, 11) is 1.67. The van der Waals surface area contributed by atoms with E-state index in [4.69, 9.17) is 9.47 Å². The Labute approximate surface area is 120 Å². The lowest BCUT2D eigenvalue weighted by Gasteiger charge is -2.17. The van der Waals surface area contributed by atoms with Gasteiger partial charge in [-0.15, -0.1) is 0 Å². The van der Waals surface area contributed by atoms with Gasteiger partial charge in [0.1, 0.15) is 5.75 Å². The molecule has 1 rings (SSSR count). The minimum atomic E-state index is -0.505. The van der Waals surface area contributed by atoms with Crippen molar-refractivity contribution >= 4 is 5.91 Å². The van der Waals surface area contributed by atoms with Crippen LogP contribution in [0.3, 0.4) is 0 Å². The molecule has 0 aliphatic rings. The molecule has 2 N–H and O–H groups in total. The van der Waals surface area contributed by atoms with Crippen molar-refractivity contribution in [3.63, 3.8) is 0 Å². The molecule has 0 aromatic heterocycles. The first-order chi connectivity index (χ1) is 9.69. The molecule has 0 bridgehead atoms. The molecule has 1 aromatic carbocycles. The van der Waals surface area contributed by atoms with Gasteiger partial charge in [-0.3, -0.25) is 4.79 Å². The van der Waals surface area contributed by atoms with Gasteiger partial charge in [-0.05, 0) is 19.9 Å². The topological polar surface area (TPSA) is 59.6 Å². The highest BCUT2D eigenvalue weighted by Gasteiger charge is 2.14. The first-order valence-corrected chi connectivity index (χ1v) is 6.91. The normalized spacial score (nSPS) is 11.9. The van der Waals surface area contributed by atoms with Crippen LogP contribution >= 0.6 is 0 Å². The van der Waals surface area contributed by atoms with Crippen LogP contribution in [0.4, 0.5) is 0 Å². The molecule has 0 fully saturated rings. The third kappa shape index (κ3) is 5.59. The Bertz CT molecular complexity index is 410. The fourth-order valence-electron chi connectivity index (χ4n) is 1.72. The Morgan fingerprint density at radius 1 is 1.35 bits per heavy atom. The molecule has 0 aliphatic carbocycles. The Morgan fingerprint density at radius 3 is 2.80 bits per heavy atom. The second kappa shape index (κ2) is 9.34. The van der Waals surface area contributed by atoms with Crippen LogP contribution in [-0.4, -0.2) is 38.8 Å². The van der Waals surface area contributed by atoms with Gasteiger partial charge >= 0.3 is 0 Å². The van der Waals surface area contributed by atoms with Gasteiger partial charge in [0.05, 0.1) is 6.61 Å². The Kier molecular flexibility index (Phi) is 7.69. The molecule has 1 atom stereocenters. The Balaban J connectivity index is 2.58. The summed E-state index contributed by atoms with van der Waals surface area (Å²) in [6, 6.07) is 7.72. The second-order valence-electron chi connectivity index (χ2n) is 4.43. The predicted molar refractivity (Wildman–Crippen MR) is 78.8 cm³/mol. The highest BCUT2D eigenvalue weighted by Crippen LogP contribution is 2.19. The van der Waals surface area contributed by atoms with E-state index < -0.39 is 6.10 Å². The van der Waals surface area contributed by atoms with Crippen molar-refractivity contribution < 1.29 is 14.3 Å². The molecule has 5 nitrogen and oxygen atoms in total. The summed E-state index contributed by atoms with van der Waals surface area (Å²) in [5.41, 5.74) is 1.03. The van der Waals surface area contributed by atoms with E-state index in [0.29, 0.717) is 19.7 Å². The largest absolute Gasteiger partial charge is 0.481 e. The molecule has 0 saturated carbocycles. The third-order valence-electron chi connectivity index (χ3n) is 2.80. The van der Waals surface area contributed by atoms with E-state index >= 15 is 0 Å². The summed E-state index contributed by atoms with van der Waals surface area (Å²) >= 11 is 0. The number of benzene rings is 1. The van der Waals surface area contributed by atoms with Crippen molar-refractivity contribution in [1.29, 1.82) is 0 Å². The highest BCUT2D eigenvalue weighted by atomic mass is 16.5. The van der Waals surface area contributed by atoms with Crippen LogP contribution in [0, 0.1) is 0 Å². The lowest BCUT2D eigenvalue weighted by Crippen LogP contribution is -2.36. The van der Waals surface area contributed by atoms with Crippen LogP contribution in [0.2, 0.25) is 0 Å². The summed E-state index contributed by atoms with van der Waals surface area (Å²) in [5.74, 6) is 0.630. The number of amides is 1. The molecular weight excluding hydrogens is 256 g/mol. The SMILES string of the molecule is CCNC(=O)C(C)Oc1ccccc1CNCCOC. The zero-order chi connectivity index (χ0) is 14.8. The maximum absolute atomic E-state index is 11.7. The third-order valence-corrected chi connectivity index (χ3v) is 2.80. The molecule has 0 spiro atoms. The summed E-state index contributed by atoms with van der Waals surface area (Å²) in [5, 5.41) is 6.01. The van der Waals surface area contributed by atoms with Crippen molar-refractivity contribution in [3.05, 3.63) is 29.8 Å². The lowest BCUT2D eigenvalue weighted by molar-refractivity contribution is -0.127. The van der Waals surface area contributed by atoms with Crippen molar-refractivity contribution in [2.75, 3.05) is 26.8 Å². The summed E-state index contributed by atoms with van der Waals surface area (Å²) in [6.45, 7) is 6.36. The summed E-state index contributed by atoms with van der Waals surface area (Å²) < 4.78 is 10.7. The highest BCUT2D eigenvalue weighted by molar-refractivity contribution is 5.80. The summed E-state index contributed by atoms with van der Waals surface area (Å²) in [6.07, 6.45) is -0.505. The molecule has 1 amide bonds. The molecule has 0 radical (unpaired) electrons. The van der Waals surface area contributed by atoms with Gasteiger partial charge in [0.2, 0.25) is 0 Å². The monoisotopic (exact) mass is 280 g/mol. The number of rotatable bonds is 9. The van der Waals surface area contributed by atoms with E-state index in [9.17, 15) is 4.79 Å². The first kappa shape index (κ1) is 16.5. The van der Waals surface area contributed by atoms with Gasteiger partial charge < -0.3 is 20.1 Å². The first-order valence-electron chi connectivity index (χ1n) is 6.91. The van der Waals surface area contributed by atoms with Crippen LogP contribution in [0.15, 0.2) is 24.3 Å². The smallest absolute Gasteiger partial charge is 0.260 e. The van der Waals surface area contributed by atoms with Gasteiger partial charge in [-0.1, -0.05) is 18.2 Å². The van der Waals surface area contributed by atoms with Crippen molar-refractivity contribution in [2.24, 2.45) is 0 Å². The zero-order valence-corrected chi connectivity index (χ0v) is 12.4. The number of hydrogen-bond donors (Lipinski definition) is 2. The molecule has 1 aromatic rings. The van der Waals surface area contributed by atoms with E-state index in [1.807, 2.05) is 31.2 Å². The number of para-hydroxylation sites is 1. The number of carbonyl (C=O) groups excluding carboxylic acids is 1. The number of hydrogen-bond acceptors (Lipinski definition) is 4.